The quantitative estimate of drug-likeness (QED) is 0.656. The molecule has 30 heavy (non-hydrogen) atoms. The van der Waals surface area contributed by atoms with E-state index in [1.807, 2.05) is 18.2 Å². The predicted octanol–water partition coefficient (Wildman–Crippen LogP) is 4.62. The highest BCUT2D eigenvalue weighted by Crippen LogP contribution is 2.29. The molecular weight excluding hydrogens is 374 g/mol. The normalized spacial score (nSPS) is 18.2. The van der Waals surface area contributed by atoms with Crippen molar-refractivity contribution >= 4 is 0 Å². The predicted molar refractivity (Wildman–Crippen MR) is 120 cm³/mol. The summed E-state index contributed by atoms with van der Waals surface area (Å²) in [7, 11) is 1.73. The molecular formula is C26H35NO3. The van der Waals surface area contributed by atoms with E-state index in [0.717, 1.165) is 43.3 Å². The number of aliphatic hydroxyl groups is 1. The van der Waals surface area contributed by atoms with Gasteiger partial charge in [0.15, 0.2) is 0 Å². The first kappa shape index (κ1) is 21.2. The number of methoxy groups -OCH3 is 1. The minimum absolute atomic E-state index is 0.327. The molecule has 0 amide bonds. The molecule has 0 bridgehead atoms. The summed E-state index contributed by atoms with van der Waals surface area (Å²) < 4.78 is 11.4. The van der Waals surface area contributed by atoms with Crippen LogP contribution in [0.3, 0.4) is 0 Å². The van der Waals surface area contributed by atoms with Crippen LogP contribution in [0.4, 0.5) is 0 Å². The number of fused-ring (bicyclic) bond motifs is 1. The second kappa shape index (κ2) is 10.3. The largest absolute Gasteiger partial charge is 0.496 e. The fraction of sp³-hybridized carbons (Fsp3) is 0.538. The van der Waals surface area contributed by atoms with Crippen molar-refractivity contribution in [1.29, 1.82) is 0 Å². The number of aryl methyl sites for hydroxylation is 1. The summed E-state index contributed by atoms with van der Waals surface area (Å²) in [6.45, 7) is 2.73. The fourth-order valence-electron chi connectivity index (χ4n) is 4.98. The Bertz CT molecular complexity index is 816. The van der Waals surface area contributed by atoms with E-state index in [9.17, 15) is 5.11 Å². The zero-order valence-electron chi connectivity index (χ0n) is 18.2. The van der Waals surface area contributed by atoms with Gasteiger partial charge >= 0.3 is 0 Å². The minimum Gasteiger partial charge on any atom is -0.496 e. The molecule has 1 N–H and O–H groups in total. The molecule has 0 saturated heterocycles. The maximum Gasteiger partial charge on any atom is 0.122 e. The second-order valence-electron chi connectivity index (χ2n) is 8.88. The number of ether oxygens (including phenoxy) is 2. The van der Waals surface area contributed by atoms with Gasteiger partial charge in [-0.05, 0) is 60.1 Å². The molecule has 1 saturated carbocycles. The monoisotopic (exact) mass is 409 g/mol. The van der Waals surface area contributed by atoms with Crippen LogP contribution in [0.25, 0.3) is 0 Å². The maximum atomic E-state index is 10.5. The first-order valence-electron chi connectivity index (χ1n) is 11.5. The number of rotatable bonds is 9. The SMILES string of the molecule is COc1cccc2c1CCN(CC(O)COc1cccc(CCC3CCCC3)c1)C2. The number of hydrogen-bond donors (Lipinski definition) is 1. The molecule has 1 fully saturated rings. The first-order chi connectivity index (χ1) is 14.7. The van der Waals surface area contributed by atoms with Gasteiger partial charge in [0.05, 0.1) is 7.11 Å². The molecule has 4 heteroatoms. The summed E-state index contributed by atoms with van der Waals surface area (Å²) in [6, 6.07) is 14.6. The summed E-state index contributed by atoms with van der Waals surface area (Å²) in [6.07, 6.45) is 8.47. The van der Waals surface area contributed by atoms with Crippen LogP contribution in [0.15, 0.2) is 42.5 Å². The molecule has 0 aromatic heterocycles. The van der Waals surface area contributed by atoms with Crippen molar-refractivity contribution in [2.24, 2.45) is 5.92 Å². The van der Waals surface area contributed by atoms with Crippen LogP contribution >= 0.6 is 0 Å². The Morgan fingerprint density at radius 2 is 1.97 bits per heavy atom. The van der Waals surface area contributed by atoms with Crippen LogP contribution in [0.2, 0.25) is 0 Å². The van der Waals surface area contributed by atoms with E-state index in [0.29, 0.717) is 13.2 Å². The van der Waals surface area contributed by atoms with Crippen LogP contribution in [-0.4, -0.2) is 42.9 Å². The van der Waals surface area contributed by atoms with E-state index >= 15 is 0 Å². The molecule has 162 valence electrons. The van der Waals surface area contributed by atoms with Gasteiger partial charge < -0.3 is 14.6 Å². The molecule has 4 rings (SSSR count). The van der Waals surface area contributed by atoms with Crippen LogP contribution < -0.4 is 9.47 Å². The highest BCUT2D eigenvalue weighted by Gasteiger charge is 2.21. The maximum absolute atomic E-state index is 10.5. The Hall–Kier alpha value is -2.04. The average molecular weight is 410 g/mol. The van der Waals surface area contributed by atoms with Gasteiger partial charge in [0.1, 0.15) is 24.2 Å². The highest BCUT2D eigenvalue weighted by molar-refractivity contribution is 5.41. The van der Waals surface area contributed by atoms with Crippen molar-refractivity contribution in [3.05, 3.63) is 59.2 Å². The lowest BCUT2D eigenvalue weighted by Crippen LogP contribution is -2.38. The smallest absolute Gasteiger partial charge is 0.122 e. The van der Waals surface area contributed by atoms with E-state index < -0.39 is 6.10 Å². The third kappa shape index (κ3) is 5.55. The molecule has 2 aromatic rings. The molecule has 1 unspecified atom stereocenters. The summed E-state index contributed by atoms with van der Waals surface area (Å²) >= 11 is 0. The second-order valence-corrected chi connectivity index (χ2v) is 8.88. The molecule has 1 aliphatic carbocycles. The molecule has 0 radical (unpaired) electrons. The van der Waals surface area contributed by atoms with Crippen molar-refractivity contribution in [2.45, 2.75) is 57.6 Å². The van der Waals surface area contributed by atoms with Gasteiger partial charge in [-0.2, -0.15) is 0 Å². The summed E-state index contributed by atoms with van der Waals surface area (Å²) in [5.41, 5.74) is 3.94. The first-order valence-corrected chi connectivity index (χ1v) is 11.5. The number of nitrogens with zero attached hydrogens (tertiary/aromatic N) is 1. The Morgan fingerprint density at radius 1 is 1.13 bits per heavy atom. The zero-order valence-corrected chi connectivity index (χ0v) is 18.2. The van der Waals surface area contributed by atoms with Gasteiger partial charge in [0, 0.05) is 19.6 Å². The highest BCUT2D eigenvalue weighted by atomic mass is 16.5. The van der Waals surface area contributed by atoms with Crippen molar-refractivity contribution < 1.29 is 14.6 Å². The van der Waals surface area contributed by atoms with Crippen molar-refractivity contribution in [3.63, 3.8) is 0 Å². The Kier molecular flexibility index (Phi) is 7.29. The lowest BCUT2D eigenvalue weighted by atomic mass is 9.98. The zero-order chi connectivity index (χ0) is 20.8. The van der Waals surface area contributed by atoms with Crippen LogP contribution in [-0.2, 0) is 19.4 Å². The van der Waals surface area contributed by atoms with Gasteiger partial charge in [0.2, 0.25) is 0 Å². The van der Waals surface area contributed by atoms with E-state index in [-0.39, 0.29) is 0 Å². The average Bonchev–Trinajstić information content (AvgIpc) is 3.30. The van der Waals surface area contributed by atoms with E-state index in [1.165, 1.54) is 48.8 Å². The van der Waals surface area contributed by atoms with Crippen LogP contribution in [0.1, 0.15) is 48.8 Å². The van der Waals surface area contributed by atoms with Crippen molar-refractivity contribution in [2.75, 3.05) is 26.8 Å². The third-order valence-corrected chi connectivity index (χ3v) is 6.65. The van der Waals surface area contributed by atoms with Crippen LogP contribution in [0, 0.1) is 5.92 Å². The number of benzene rings is 2. The van der Waals surface area contributed by atoms with Gasteiger partial charge in [-0.15, -0.1) is 0 Å². The molecule has 1 heterocycles. The van der Waals surface area contributed by atoms with Gasteiger partial charge in [-0.25, -0.2) is 0 Å². The molecule has 1 atom stereocenters. The lowest BCUT2D eigenvalue weighted by Gasteiger charge is -2.31. The number of hydrogen-bond acceptors (Lipinski definition) is 4. The van der Waals surface area contributed by atoms with Crippen molar-refractivity contribution in [3.8, 4) is 11.5 Å². The van der Waals surface area contributed by atoms with Gasteiger partial charge in [-0.3, -0.25) is 4.90 Å². The number of β-amino-alcohol motifs (C(OH)–C–C–N with tert-alkyl or cyclic N) is 1. The Labute approximate surface area is 180 Å². The van der Waals surface area contributed by atoms with E-state index in [1.54, 1.807) is 7.11 Å². The van der Waals surface area contributed by atoms with Crippen LogP contribution in [0.5, 0.6) is 11.5 Å². The standard InChI is InChI=1S/C26H35NO3/c1-29-26-11-5-9-22-17-27(15-14-25(22)26)18-23(28)19-30-24-10-4-8-21(16-24)13-12-20-6-2-3-7-20/h4-5,8-11,16,20,23,28H,2-3,6-7,12-15,17-19H2,1H3. The molecule has 0 spiro atoms. The topological polar surface area (TPSA) is 41.9 Å². The third-order valence-electron chi connectivity index (χ3n) is 6.65. The van der Waals surface area contributed by atoms with E-state index in [4.69, 9.17) is 9.47 Å². The Morgan fingerprint density at radius 3 is 2.80 bits per heavy atom. The van der Waals surface area contributed by atoms with E-state index in [2.05, 4.69) is 29.2 Å². The minimum atomic E-state index is -0.501. The number of aliphatic hydroxyl groups excluding tert-OH is 1. The molecule has 1 aliphatic heterocycles. The van der Waals surface area contributed by atoms with Crippen molar-refractivity contribution in [1.82, 2.24) is 4.90 Å². The molecule has 2 aliphatic rings. The fourth-order valence-corrected chi connectivity index (χ4v) is 4.98. The van der Waals surface area contributed by atoms with Gasteiger partial charge in [-0.1, -0.05) is 49.9 Å². The summed E-state index contributed by atoms with van der Waals surface area (Å²) in [4.78, 5) is 2.30. The molecule has 4 nitrogen and oxygen atoms in total. The lowest BCUT2D eigenvalue weighted by molar-refractivity contribution is 0.0636. The Balaban J connectivity index is 1.24. The summed E-state index contributed by atoms with van der Waals surface area (Å²) in [5.74, 6) is 2.75. The molecule has 2 aromatic carbocycles. The van der Waals surface area contributed by atoms with Gasteiger partial charge in [0.25, 0.3) is 0 Å². The summed E-state index contributed by atoms with van der Waals surface area (Å²) in [5, 5.41) is 10.5.